The number of halogens is 2. The SMILES string of the molecule is Cc1c(Br)ccc(B(O)O)c1Cl. The molecule has 0 aliphatic rings. The van der Waals surface area contributed by atoms with E-state index in [0.717, 1.165) is 10.0 Å². The first kappa shape index (κ1) is 10.1. The van der Waals surface area contributed by atoms with Gasteiger partial charge < -0.3 is 10.0 Å². The molecule has 0 fully saturated rings. The molecule has 0 saturated heterocycles. The van der Waals surface area contributed by atoms with E-state index in [-0.39, 0.29) is 0 Å². The van der Waals surface area contributed by atoms with E-state index in [1.807, 2.05) is 0 Å². The second-order valence-corrected chi connectivity index (χ2v) is 3.68. The maximum absolute atomic E-state index is 8.88. The van der Waals surface area contributed by atoms with Gasteiger partial charge in [-0.15, -0.1) is 0 Å². The van der Waals surface area contributed by atoms with Crippen LogP contribution in [0.5, 0.6) is 0 Å². The Morgan fingerprint density at radius 2 is 2.00 bits per heavy atom. The lowest BCUT2D eigenvalue weighted by Gasteiger charge is -2.06. The van der Waals surface area contributed by atoms with E-state index in [0.29, 0.717) is 10.5 Å². The van der Waals surface area contributed by atoms with Crippen molar-refractivity contribution in [1.29, 1.82) is 0 Å². The molecule has 64 valence electrons. The van der Waals surface area contributed by atoms with E-state index in [1.165, 1.54) is 0 Å². The van der Waals surface area contributed by atoms with Crippen LogP contribution in [0.15, 0.2) is 16.6 Å². The lowest BCUT2D eigenvalue weighted by molar-refractivity contribution is 0.426. The first-order valence-electron chi connectivity index (χ1n) is 3.34. The molecule has 0 aromatic heterocycles. The molecule has 2 N–H and O–H groups in total. The van der Waals surface area contributed by atoms with Crippen LogP contribution < -0.4 is 5.46 Å². The summed E-state index contributed by atoms with van der Waals surface area (Å²) >= 11 is 9.13. The predicted octanol–water partition coefficient (Wildman–Crippen LogP) is 1.09. The quantitative estimate of drug-likeness (QED) is 0.731. The van der Waals surface area contributed by atoms with Gasteiger partial charge >= 0.3 is 7.12 Å². The van der Waals surface area contributed by atoms with Gasteiger partial charge in [0.25, 0.3) is 0 Å². The molecular weight excluding hydrogens is 242 g/mol. The molecular formula is C7H7BBrClO2. The summed E-state index contributed by atoms with van der Waals surface area (Å²) in [5, 5.41) is 18.1. The van der Waals surface area contributed by atoms with E-state index < -0.39 is 7.12 Å². The van der Waals surface area contributed by atoms with Crippen LogP contribution in [-0.2, 0) is 0 Å². The minimum absolute atomic E-state index is 0.331. The summed E-state index contributed by atoms with van der Waals surface area (Å²) in [6.07, 6.45) is 0. The van der Waals surface area contributed by atoms with Crippen molar-refractivity contribution in [2.75, 3.05) is 0 Å². The number of hydrogen-bond donors (Lipinski definition) is 2. The van der Waals surface area contributed by atoms with Gasteiger partial charge in [-0.3, -0.25) is 0 Å². The van der Waals surface area contributed by atoms with E-state index >= 15 is 0 Å². The van der Waals surface area contributed by atoms with E-state index in [1.54, 1.807) is 19.1 Å². The van der Waals surface area contributed by atoms with Gasteiger partial charge in [-0.05, 0) is 18.6 Å². The molecule has 0 radical (unpaired) electrons. The Balaban J connectivity index is 3.27. The summed E-state index contributed by atoms with van der Waals surface area (Å²) in [6.45, 7) is 1.80. The predicted molar refractivity (Wildman–Crippen MR) is 53.7 cm³/mol. The van der Waals surface area contributed by atoms with Crippen molar-refractivity contribution in [1.82, 2.24) is 0 Å². The average molecular weight is 249 g/mol. The Morgan fingerprint density at radius 3 is 2.50 bits per heavy atom. The maximum atomic E-state index is 8.88. The fourth-order valence-electron chi connectivity index (χ4n) is 0.882. The molecule has 0 saturated carbocycles. The molecule has 1 rings (SSSR count). The third-order valence-corrected chi connectivity index (χ3v) is 2.99. The van der Waals surface area contributed by atoms with E-state index in [9.17, 15) is 0 Å². The first-order chi connectivity index (χ1) is 5.54. The Labute approximate surface area is 84.4 Å². The summed E-state index contributed by atoms with van der Waals surface area (Å²) in [5.74, 6) is 0. The van der Waals surface area contributed by atoms with Crippen LogP contribution in [0.2, 0.25) is 5.02 Å². The Kier molecular flexibility index (Phi) is 3.18. The normalized spacial score (nSPS) is 10.1. The third-order valence-electron chi connectivity index (χ3n) is 1.63. The van der Waals surface area contributed by atoms with Crippen molar-refractivity contribution in [2.24, 2.45) is 0 Å². The third kappa shape index (κ3) is 1.83. The van der Waals surface area contributed by atoms with Gasteiger partial charge in [-0.1, -0.05) is 33.6 Å². The summed E-state index contributed by atoms with van der Waals surface area (Å²) < 4.78 is 0.858. The molecule has 12 heavy (non-hydrogen) atoms. The van der Waals surface area contributed by atoms with Crippen LogP contribution in [0.25, 0.3) is 0 Å². The minimum Gasteiger partial charge on any atom is -0.423 e. The van der Waals surface area contributed by atoms with Crippen molar-refractivity contribution in [2.45, 2.75) is 6.92 Å². The average Bonchev–Trinajstić information content (AvgIpc) is 2.00. The zero-order valence-corrected chi connectivity index (χ0v) is 8.72. The lowest BCUT2D eigenvalue weighted by Crippen LogP contribution is -2.31. The largest absolute Gasteiger partial charge is 0.489 e. The van der Waals surface area contributed by atoms with Crippen molar-refractivity contribution in [3.05, 3.63) is 27.2 Å². The second kappa shape index (κ2) is 3.79. The molecule has 0 bridgehead atoms. The molecule has 0 heterocycles. The van der Waals surface area contributed by atoms with Gasteiger partial charge in [0.1, 0.15) is 0 Å². The Hall–Kier alpha value is -0.0251. The smallest absolute Gasteiger partial charge is 0.423 e. The van der Waals surface area contributed by atoms with Gasteiger partial charge in [-0.2, -0.15) is 0 Å². The Morgan fingerprint density at radius 1 is 1.42 bits per heavy atom. The molecule has 2 nitrogen and oxygen atoms in total. The van der Waals surface area contributed by atoms with Crippen molar-refractivity contribution in [3.63, 3.8) is 0 Å². The van der Waals surface area contributed by atoms with Crippen LogP contribution >= 0.6 is 27.5 Å². The standard InChI is InChI=1S/C7H7BBrClO2/c1-4-6(9)3-2-5(7(4)10)8(11)12/h2-3,11-12H,1H3. The zero-order chi connectivity index (χ0) is 9.30. The summed E-state index contributed by atoms with van der Waals surface area (Å²) in [5.41, 5.74) is 1.14. The summed E-state index contributed by atoms with van der Waals surface area (Å²) in [4.78, 5) is 0. The van der Waals surface area contributed by atoms with E-state index in [4.69, 9.17) is 21.6 Å². The summed E-state index contributed by atoms with van der Waals surface area (Å²) in [6, 6.07) is 3.31. The van der Waals surface area contributed by atoms with Crippen molar-refractivity contribution < 1.29 is 10.0 Å². The molecule has 0 amide bonds. The van der Waals surface area contributed by atoms with Crippen LogP contribution in [-0.4, -0.2) is 17.2 Å². The van der Waals surface area contributed by atoms with Crippen LogP contribution in [0.4, 0.5) is 0 Å². The van der Waals surface area contributed by atoms with Crippen molar-refractivity contribution in [3.8, 4) is 0 Å². The van der Waals surface area contributed by atoms with Gasteiger partial charge in [0, 0.05) is 15.0 Å². The fraction of sp³-hybridized carbons (Fsp3) is 0.143. The molecule has 1 aromatic carbocycles. The zero-order valence-electron chi connectivity index (χ0n) is 6.38. The van der Waals surface area contributed by atoms with Gasteiger partial charge in [-0.25, -0.2) is 0 Å². The van der Waals surface area contributed by atoms with Gasteiger partial charge in [0.05, 0.1) is 0 Å². The molecule has 0 aliphatic carbocycles. The number of benzene rings is 1. The topological polar surface area (TPSA) is 40.5 Å². The fourth-order valence-corrected chi connectivity index (χ4v) is 1.59. The van der Waals surface area contributed by atoms with Gasteiger partial charge in [0.2, 0.25) is 0 Å². The molecule has 0 atom stereocenters. The molecule has 0 unspecified atom stereocenters. The van der Waals surface area contributed by atoms with Crippen LogP contribution in [0.3, 0.4) is 0 Å². The molecule has 5 heteroatoms. The van der Waals surface area contributed by atoms with Crippen molar-refractivity contribution >= 4 is 40.1 Å². The number of rotatable bonds is 1. The minimum atomic E-state index is -1.51. The summed E-state index contributed by atoms with van der Waals surface area (Å²) in [7, 11) is -1.51. The molecule has 0 aliphatic heterocycles. The first-order valence-corrected chi connectivity index (χ1v) is 4.51. The number of hydrogen-bond acceptors (Lipinski definition) is 2. The lowest BCUT2D eigenvalue weighted by atomic mass is 9.79. The van der Waals surface area contributed by atoms with Crippen LogP contribution in [0, 0.1) is 6.92 Å². The highest BCUT2D eigenvalue weighted by Gasteiger charge is 2.16. The highest BCUT2D eigenvalue weighted by atomic mass is 79.9. The van der Waals surface area contributed by atoms with Crippen LogP contribution in [0.1, 0.15) is 5.56 Å². The highest BCUT2D eigenvalue weighted by Crippen LogP contribution is 2.21. The van der Waals surface area contributed by atoms with Gasteiger partial charge in [0.15, 0.2) is 0 Å². The monoisotopic (exact) mass is 248 g/mol. The molecule has 1 aromatic rings. The second-order valence-electron chi connectivity index (χ2n) is 2.45. The Bertz CT molecular complexity index is 304. The maximum Gasteiger partial charge on any atom is 0.489 e. The highest BCUT2D eigenvalue weighted by molar-refractivity contribution is 9.10. The van der Waals surface area contributed by atoms with E-state index in [2.05, 4.69) is 15.9 Å². The molecule has 0 spiro atoms.